The second-order valence-electron chi connectivity index (χ2n) is 3.29. The lowest BCUT2D eigenvalue weighted by Gasteiger charge is -1.94. The summed E-state index contributed by atoms with van der Waals surface area (Å²) in [6.07, 6.45) is 1.68. The van der Waals surface area contributed by atoms with Crippen molar-refractivity contribution in [1.29, 1.82) is 0 Å². The first-order valence-corrected chi connectivity index (χ1v) is 6.41. The molecule has 0 aliphatic heterocycles. The van der Waals surface area contributed by atoms with E-state index in [4.69, 9.17) is 10.2 Å². The highest BCUT2D eigenvalue weighted by molar-refractivity contribution is 9.11. The highest BCUT2D eigenvalue weighted by atomic mass is 79.9. The van der Waals surface area contributed by atoms with Gasteiger partial charge in [0.2, 0.25) is 0 Å². The van der Waals surface area contributed by atoms with E-state index in [9.17, 15) is 0 Å². The largest absolute Gasteiger partial charge is 0.466 e. The first kappa shape index (κ1) is 10.9. The fourth-order valence-electron chi connectivity index (χ4n) is 1.41. The van der Waals surface area contributed by atoms with Crippen molar-refractivity contribution in [1.82, 2.24) is 0 Å². The summed E-state index contributed by atoms with van der Waals surface area (Å²) < 4.78 is 6.81. The number of rotatable bonds is 4. The van der Waals surface area contributed by atoms with Crippen LogP contribution in [-0.2, 0) is 12.8 Å². The zero-order valence-corrected chi connectivity index (χ0v) is 10.6. The molecule has 0 unspecified atom stereocenters. The van der Waals surface area contributed by atoms with Gasteiger partial charge in [0.05, 0.1) is 3.79 Å². The molecule has 15 heavy (non-hydrogen) atoms. The average molecular weight is 286 g/mol. The van der Waals surface area contributed by atoms with Gasteiger partial charge in [-0.2, -0.15) is 0 Å². The second-order valence-corrected chi connectivity index (χ2v) is 5.84. The number of hydrogen-bond donors (Lipinski definition) is 1. The van der Waals surface area contributed by atoms with E-state index in [0.717, 1.165) is 28.1 Å². The molecule has 2 heterocycles. The van der Waals surface area contributed by atoms with Crippen molar-refractivity contribution in [2.75, 3.05) is 6.54 Å². The molecule has 4 heteroatoms. The lowest BCUT2D eigenvalue weighted by atomic mass is 10.3. The van der Waals surface area contributed by atoms with E-state index in [2.05, 4.69) is 28.1 Å². The molecule has 0 bridgehead atoms. The molecule has 0 radical (unpaired) electrons. The average Bonchev–Trinajstić information content (AvgIpc) is 2.78. The topological polar surface area (TPSA) is 39.2 Å². The molecular weight excluding hydrogens is 274 g/mol. The summed E-state index contributed by atoms with van der Waals surface area (Å²) in [6.45, 7) is 0.636. The Kier molecular flexibility index (Phi) is 3.61. The molecule has 0 amide bonds. The Bertz CT molecular complexity index is 435. The fraction of sp³-hybridized carbons (Fsp3) is 0.273. The molecule has 0 aromatic carbocycles. The van der Waals surface area contributed by atoms with Gasteiger partial charge >= 0.3 is 0 Å². The minimum atomic E-state index is 0.636. The van der Waals surface area contributed by atoms with Crippen LogP contribution in [0.15, 0.2) is 32.5 Å². The lowest BCUT2D eigenvalue weighted by Crippen LogP contribution is -2.01. The van der Waals surface area contributed by atoms with Gasteiger partial charge in [0, 0.05) is 17.7 Å². The van der Waals surface area contributed by atoms with Gasteiger partial charge < -0.3 is 10.2 Å². The van der Waals surface area contributed by atoms with Crippen LogP contribution in [0, 0.1) is 0 Å². The van der Waals surface area contributed by atoms with Gasteiger partial charge in [0.1, 0.15) is 11.5 Å². The van der Waals surface area contributed by atoms with Gasteiger partial charge in [0.25, 0.3) is 0 Å². The Hall–Kier alpha value is -0.580. The van der Waals surface area contributed by atoms with Crippen molar-refractivity contribution in [2.45, 2.75) is 12.8 Å². The van der Waals surface area contributed by atoms with E-state index in [-0.39, 0.29) is 0 Å². The summed E-state index contributed by atoms with van der Waals surface area (Å²) in [6, 6.07) is 8.20. The fourth-order valence-corrected chi connectivity index (χ4v) is 2.91. The third-order valence-electron chi connectivity index (χ3n) is 2.09. The molecule has 80 valence electrons. The Morgan fingerprint density at radius 1 is 1.20 bits per heavy atom. The molecule has 2 aromatic rings. The van der Waals surface area contributed by atoms with E-state index in [0.29, 0.717) is 6.54 Å². The summed E-state index contributed by atoms with van der Waals surface area (Å²) in [7, 11) is 0. The van der Waals surface area contributed by atoms with Gasteiger partial charge in [-0.3, -0.25) is 0 Å². The van der Waals surface area contributed by atoms with Crippen molar-refractivity contribution in [3.05, 3.63) is 44.4 Å². The van der Waals surface area contributed by atoms with Gasteiger partial charge in [-0.1, -0.05) is 0 Å². The Labute approximate surface area is 101 Å². The quantitative estimate of drug-likeness (QED) is 0.937. The maximum absolute atomic E-state index is 5.65. The third kappa shape index (κ3) is 2.93. The van der Waals surface area contributed by atoms with Crippen LogP contribution < -0.4 is 5.73 Å². The van der Waals surface area contributed by atoms with Crippen LogP contribution in [0.5, 0.6) is 0 Å². The van der Waals surface area contributed by atoms with Crippen LogP contribution in [0.3, 0.4) is 0 Å². The molecule has 2 nitrogen and oxygen atoms in total. The molecule has 0 saturated heterocycles. The predicted octanol–water partition coefficient (Wildman–Crippen LogP) is 3.20. The van der Waals surface area contributed by atoms with Crippen molar-refractivity contribution in [2.24, 2.45) is 5.73 Å². The van der Waals surface area contributed by atoms with Crippen LogP contribution in [0.2, 0.25) is 0 Å². The third-order valence-corrected chi connectivity index (χ3v) is 3.71. The monoisotopic (exact) mass is 285 g/mol. The first-order valence-electron chi connectivity index (χ1n) is 4.80. The molecule has 2 rings (SSSR count). The molecule has 0 aliphatic carbocycles. The molecule has 0 spiro atoms. The van der Waals surface area contributed by atoms with E-state index in [1.54, 1.807) is 11.3 Å². The van der Waals surface area contributed by atoms with Crippen molar-refractivity contribution >= 4 is 27.3 Å². The van der Waals surface area contributed by atoms with Crippen LogP contribution in [0.4, 0.5) is 0 Å². The first-order chi connectivity index (χ1) is 7.28. The summed E-state index contributed by atoms with van der Waals surface area (Å²) in [5.41, 5.74) is 5.46. The van der Waals surface area contributed by atoms with Gasteiger partial charge in [-0.05, 0) is 46.7 Å². The normalized spacial score (nSPS) is 10.8. The maximum Gasteiger partial charge on any atom is 0.109 e. The Morgan fingerprint density at radius 2 is 2.00 bits per heavy atom. The number of nitrogens with two attached hydrogens (primary N) is 1. The summed E-state index contributed by atoms with van der Waals surface area (Å²) >= 11 is 5.18. The van der Waals surface area contributed by atoms with Crippen LogP contribution in [0.25, 0.3) is 0 Å². The van der Waals surface area contributed by atoms with Gasteiger partial charge in [0.15, 0.2) is 0 Å². The van der Waals surface area contributed by atoms with Crippen LogP contribution in [0.1, 0.15) is 16.4 Å². The molecule has 0 aliphatic rings. The molecule has 0 fully saturated rings. The molecule has 0 atom stereocenters. The molecule has 0 saturated carbocycles. The number of thiophene rings is 1. The maximum atomic E-state index is 5.65. The van der Waals surface area contributed by atoms with Crippen LogP contribution >= 0.6 is 27.3 Å². The molecule has 2 aromatic heterocycles. The van der Waals surface area contributed by atoms with Crippen molar-refractivity contribution < 1.29 is 4.42 Å². The van der Waals surface area contributed by atoms with E-state index < -0.39 is 0 Å². The van der Waals surface area contributed by atoms with Gasteiger partial charge in [-0.25, -0.2) is 0 Å². The summed E-state index contributed by atoms with van der Waals surface area (Å²) in [5.74, 6) is 1.98. The van der Waals surface area contributed by atoms with E-state index in [1.165, 1.54) is 4.88 Å². The smallest absolute Gasteiger partial charge is 0.109 e. The number of halogens is 1. The van der Waals surface area contributed by atoms with E-state index in [1.807, 2.05) is 12.1 Å². The zero-order valence-electron chi connectivity index (χ0n) is 8.20. The van der Waals surface area contributed by atoms with Crippen LogP contribution in [-0.4, -0.2) is 6.54 Å². The standard InChI is InChI=1S/C11H12BrNOS/c12-11-4-3-10(15-11)7-9-2-1-8(14-9)5-6-13/h1-4H,5-7,13H2. The Morgan fingerprint density at radius 3 is 2.67 bits per heavy atom. The SMILES string of the molecule is NCCc1ccc(Cc2ccc(Br)s2)o1. The highest BCUT2D eigenvalue weighted by Crippen LogP contribution is 2.24. The minimum absolute atomic E-state index is 0.636. The Balaban J connectivity index is 2.04. The van der Waals surface area contributed by atoms with Gasteiger partial charge in [-0.15, -0.1) is 11.3 Å². The number of hydrogen-bond acceptors (Lipinski definition) is 3. The summed E-state index contributed by atoms with van der Waals surface area (Å²) in [4.78, 5) is 1.30. The highest BCUT2D eigenvalue weighted by Gasteiger charge is 2.04. The minimum Gasteiger partial charge on any atom is -0.466 e. The zero-order chi connectivity index (χ0) is 10.7. The number of furan rings is 1. The molecule has 2 N–H and O–H groups in total. The lowest BCUT2D eigenvalue weighted by molar-refractivity contribution is 0.475. The summed E-state index contributed by atoms with van der Waals surface area (Å²) in [5, 5.41) is 0. The van der Waals surface area contributed by atoms with Crippen molar-refractivity contribution in [3.63, 3.8) is 0 Å². The second kappa shape index (κ2) is 4.96. The van der Waals surface area contributed by atoms with Crippen molar-refractivity contribution in [3.8, 4) is 0 Å². The molecular formula is C11H12BrNOS. The van der Waals surface area contributed by atoms with E-state index >= 15 is 0 Å². The predicted molar refractivity (Wildman–Crippen MR) is 66.3 cm³/mol.